The normalized spacial score (nSPS) is 10.7. The Hall–Kier alpha value is -2.89. The molecule has 20 heavy (non-hydrogen) atoms. The molecule has 1 aromatic carbocycles. The first-order valence-electron chi connectivity index (χ1n) is 6.04. The lowest BCUT2D eigenvalue weighted by molar-refractivity contribution is 0.203. The van der Waals surface area contributed by atoms with Crippen molar-refractivity contribution in [2.24, 2.45) is 0 Å². The lowest BCUT2D eigenvalue weighted by atomic mass is 10.2. The minimum atomic E-state index is -0.544. The molecule has 3 rings (SSSR count). The summed E-state index contributed by atoms with van der Waals surface area (Å²) in [6, 6.07) is 10.6. The van der Waals surface area contributed by atoms with Crippen LogP contribution in [-0.2, 0) is 0 Å². The molecule has 0 bridgehead atoms. The van der Waals surface area contributed by atoms with Crippen molar-refractivity contribution < 1.29 is 9.53 Å². The molecule has 0 saturated carbocycles. The third-order valence-electron chi connectivity index (χ3n) is 2.95. The first-order valence-corrected chi connectivity index (χ1v) is 6.04. The van der Waals surface area contributed by atoms with Crippen molar-refractivity contribution in [1.29, 1.82) is 5.41 Å². The molecule has 0 saturated heterocycles. The Morgan fingerprint density at radius 1 is 1.35 bits per heavy atom. The van der Waals surface area contributed by atoms with Gasteiger partial charge in [-0.05, 0) is 30.3 Å². The quantitative estimate of drug-likeness (QED) is 0.659. The van der Waals surface area contributed by atoms with Crippen LogP contribution in [0.5, 0.6) is 5.75 Å². The smallest absolute Gasteiger partial charge is 0.410 e. The van der Waals surface area contributed by atoms with Gasteiger partial charge in [0, 0.05) is 18.6 Å². The number of carbonyl (C=O) groups excluding carboxylic acids is 1. The number of ether oxygens (including phenoxy) is 1. The molecule has 0 aliphatic rings. The van der Waals surface area contributed by atoms with Gasteiger partial charge in [0.25, 0.3) is 0 Å². The first-order chi connectivity index (χ1) is 9.69. The fourth-order valence-corrected chi connectivity index (χ4v) is 1.99. The topological polar surface area (TPSA) is 79.5 Å². The van der Waals surface area contributed by atoms with E-state index in [-0.39, 0.29) is 0 Å². The van der Waals surface area contributed by atoms with Crippen LogP contribution < -0.4 is 15.5 Å². The lowest BCUT2D eigenvalue weighted by Crippen LogP contribution is -2.22. The molecule has 6 nitrogen and oxygen atoms in total. The van der Waals surface area contributed by atoms with Crippen LogP contribution >= 0.6 is 0 Å². The molecular weight excluding hydrogens is 256 g/mol. The maximum atomic E-state index is 11.2. The number of fused-ring (bicyclic) bond motifs is 2. The number of rotatable bonds is 1. The molecule has 2 aromatic heterocycles. The lowest BCUT2D eigenvalue weighted by Gasteiger charge is -2.07. The zero-order chi connectivity index (χ0) is 14.1. The third kappa shape index (κ3) is 1.97. The summed E-state index contributed by atoms with van der Waals surface area (Å²) in [5.74, 6) is 0.378. The van der Waals surface area contributed by atoms with Crippen molar-refractivity contribution in [3.8, 4) is 5.75 Å². The molecule has 0 fully saturated rings. The molecule has 2 N–H and O–H groups in total. The number of carbonyl (C=O) groups is 1. The van der Waals surface area contributed by atoms with E-state index in [2.05, 4.69) is 10.3 Å². The highest BCUT2D eigenvalue weighted by Gasteiger charge is 2.06. The van der Waals surface area contributed by atoms with Crippen LogP contribution in [0, 0.1) is 5.41 Å². The maximum Gasteiger partial charge on any atom is 0.412 e. The van der Waals surface area contributed by atoms with E-state index in [1.54, 1.807) is 28.8 Å². The van der Waals surface area contributed by atoms with E-state index in [1.807, 2.05) is 18.2 Å². The van der Waals surface area contributed by atoms with Gasteiger partial charge in [-0.1, -0.05) is 6.07 Å². The van der Waals surface area contributed by atoms with Gasteiger partial charge in [0.15, 0.2) is 0 Å². The van der Waals surface area contributed by atoms with Crippen LogP contribution in [-0.4, -0.2) is 22.5 Å². The largest absolute Gasteiger partial charge is 0.412 e. The van der Waals surface area contributed by atoms with Crippen molar-refractivity contribution in [2.75, 3.05) is 7.05 Å². The van der Waals surface area contributed by atoms with Crippen LogP contribution in [0.2, 0.25) is 0 Å². The molecule has 3 aromatic rings. The summed E-state index contributed by atoms with van der Waals surface area (Å²) in [5, 5.41) is 11.2. The number of pyridine rings is 1. The Balaban J connectivity index is 2.23. The number of hydrogen-bond donors (Lipinski definition) is 2. The molecule has 0 atom stereocenters. The maximum absolute atomic E-state index is 11.2. The third-order valence-corrected chi connectivity index (χ3v) is 2.95. The predicted molar refractivity (Wildman–Crippen MR) is 73.6 cm³/mol. The molecule has 0 spiro atoms. The van der Waals surface area contributed by atoms with Crippen molar-refractivity contribution in [2.45, 2.75) is 0 Å². The molecule has 0 aliphatic carbocycles. The summed E-state index contributed by atoms with van der Waals surface area (Å²) in [5.41, 5.74) is 1.68. The van der Waals surface area contributed by atoms with E-state index < -0.39 is 6.09 Å². The Morgan fingerprint density at radius 2 is 2.20 bits per heavy atom. The van der Waals surface area contributed by atoms with Gasteiger partial charge in [-0.15, -0.1) is 0 Å². The second-order valence-corrected chi connectivity index (χ2v) is 4.21. The monoisotopic (exact) mass is 268 g/mol. The number of nitrogens with one attached hydrogen (secondary N) is 2. The van der Waals surface area contributed by atoms with Gasteiger partial charge in [0.1, 0.15) is 16.9 Å². The van der Waals surface area contributed by atoms with Crippen molar-refractivity contribution >= 4 is 22.6 Å². The van der Waals surface area contributed by atoms with Gasteiger partial charge < -0.3 is 10.1 Å². The number of aromatic nitrogens is 2. The minimum absolute atomic E-state index is 0.299. The van der Waals surface area contributed by atoms with Gasteiger partial charge in [0.2, 0.25) is 0 Å². The Kier molecular flexibility index (Phi) is 2.83. The molecule has 100 valence electrons. The van der Waals surface area contributed by atoms with Crippen molar-refractivity contribution in [3.63, 3.8) is 0 Å². The molecule has 6 heteroatoms. The van der Waals surface area contributed by atoms with Gasteiger partial charge in [-0.25, -0.2) is 9.78 Å². The van der Waals surface area contributed by atoms with Crippen LogP contribution in [0.1, 0.15) is 0 Å². The number of nitrogens with zero attached hydrogens (tertiary/aromatic N) is 2. The van der Waals surface area contributed by atoms with E-state index in [0.717, 1.165) is 0 Å². The Morgan fingerprint density at radius 3 is 3.00 bits per heavy atom. The van der Waals surface area contributed by atoms with E-state index in [4.69, 9.17) is 10.1 Å². The minimum Gasteiger partial charge on any atom is -0.410 e. The van der Waals surface area contributed by atoms with Crippen LogP contribution in [0.25, 0.3) is 16.6 Å². The number of amides is 1. The fourth-order valence-electron chi connectivity index (χ4n) is 1.99. The SMILES string of the molecule is CNC(=O)Oc1ccc2nc3ccccn3c(=N)c2c1. The molecular formula is C14H12N4O2. The molecule has 0 aliphatic heterocycles. The van der Waals surface area contributed by atoms with Gasteiger partial charge in [0.05, 0.1) is 5.52 Å². The summed E-state index contributed by atoms with van der Waals surface area (Å²) >= 11 is 0. The standard InChI is InChI=1S/C14H12N4O2/c1-16-14(19)20-9-5-6-11-10(8-9)13(15)18-7-3-2-4-12(18)17-11/h2-8,15H,1H3,(H,16,19). The van der Waals surface area contributed by atoms with E-state index in [9.17, 15) is 4.79 Å². The second-order valence-electron chi connectivity index (χ2n) is 4.21. The van der Waals surface area contributed by atoms with Gasteiger partial charge >= 0.3 is 6.09 Å². The highest BCUT2D eigenvalue weighted by molar-refractivity contribution is 5.82. The zero-order valence-corrected chi connectivity index (χ0v) is 10.8. The Bertz CT molecular complexity index is 870. The molecule has 0 unspecified atom stereocenters. The van der Waals surface area contributed by atoms with E-state index in [1.165, 1.54) is 7.05 Å². The van der Waals surface area contributed by atoms with Gasteiger partial charge in [-0.3, -0.25) is 9.81 Å². The highest BCUT2D eigenvalue weighted by atomic mass is 16.5. The average Bonchev–Trinajstić information content (AvgIpc) is 2.48. The van der Waals surface area contributed by atoms with Crippen LogP contribution in [0.3, 0.4) is 0 Å². The summed E-state index contributed by atoms with van der Waals surface area (Å²) < 4.78 is 6.74. The highest BCUT2D eigenvalue weighted by Crippen LogP contribution is 2.17. The summed E-state index contributed by atoms with van der Waals surface area (Å²) in [6.07, 6.45) is 1.23. The summed E-state index contributed by atoms with van der Waals surface area (Å²) in [4.78, 5) is 15.7. The number of hydrogen-bond acceptors (Lipinski definition) is 4. The van der Waals surface area contributed by atoms with Gasteiger partial charge in [-0.2, -0.15) is 0 Å². The average molecular weight is 268 g/mol. The zero-order valence-electron chi connectivity index (χ0n) is 10.8. The van der Waals surface area contributed by atoms with Crippen LogP contribution in [0.15, 0.2) is 42.6 Å². The molecule has 1 amide bonds. The first kappa shape index (κ1) is 12.2. The second kappa shape index (κ2) is 4.65. The summed E-state index contributed by atoms with van der Waals surface area (Å²) in [7, 11) is 1.49. The van der Waals surface area contributed by atoms with E-state index in [0.29, 0.717) is 27.8 Å². The van der Waals surface area contributed by atoms with Crippen LogP contribution in [0.4, 0.5) is 4.79 Å². The van der Waals surface area contributed by atoms with E-state index >= 15 is 0 Å². The predicted octanol–water partition coefficient (Wildman–Crippen LogP) is 1.69. The Labute approximate surface area is 114 Å². The molecule has 0 radical (unpaired) electrons. The van der Waals surface area contributed by atoms with Crippen molar-refractivity contribution in [3.05, 3.63) is 48.1 Å². The fraction of sp³-hybridized carbons (Fsp3) is 0.0714. The number of benzene rings is 1. The summed E-state index contributed by atoms with van der Waals surface area (Å²) in [6.45, 7) is 0. The molecule has 2 heterocycles. The van der Waals surface area contributed by atoms with Crippen molar-refractivity contribution in [1.82, 2.24) is 14.7 Å².